The van der Waals surface area contributed by atoms with Gasteiger partial charge >= 0.3 is 127 Å². The van der Waals surface area contributed by atoms with Crippen molar-refractivity contribution in [2.75, 3.05) is 28.4 Å². The minimum absolute atomic E-state index is 0.286. The van der Waals surface area contributed by atoms with Crippen LogP contribution in [0.1, 0.15) is 0 Å². The van der Waals surface area contributed by atoms with E-state index in [0.717, 1.165) is 21.3 Å². The normalized spacial score (nSPS) is 10.5. The average molecular weight is 491 g/mol. The van der Waals surface area contributed by atoms with Gasteiger partial charge in [-0.3, -0.25) is 0 Å². The summed E-state index contributed by atoms with van der Waals surface area (Å²) in [5.41, 5.74) is 0. The molecule has 0 aliphatic rings. The summed E-state index contributed by atoms with van der Waals surface area (Å²) >= 11 is -5.25. The van der Waals surface area contributed by atoms with Crippen LogP contribution >= 0.6 is 0 Å². The molecule has 1 aromatic carbocycles. The van der Waals surface area contributed by atoms with Gasteiger partial charge in [0, 0.05) is 0 Å². The predicted molar refractivity (Wildman–Crippen MR) is 75.6 cm³/mol. The number of hydrogen-bond acceptors (Lipinski definition) is 7. The Morgan fingerprint density at radius 2 is 1.14 bits per heavy atom. The molecule has 0 atom stereocenters. The zero-order valence-corrected chi connectivity index (χ0v) is 16.1. The molecule has 0 saturated heterocycles. The Bertz CT molecular complexity index is 497. The number of ether oxygens (including phenoxy) is 4. The van der Waals surface area contributed by atoms with Gasteiger partial charge in [-0.2, -0.15) is 0 Å². The van der Waals surface area contributed by atoms with Crippen LogP contribution in [0.15, 0.2) is 24.3 Å². The van der Waals surface area contributed by atoms with Crippen molar-refractivity contribution in [3.05, 3.63) is 24.3 Å². The first kappa shape index (κ1) is 17.4. The molecule has 7 nitrogen and oxygen atoms in total. The Balaban J connectivity index is 3.56. The van der Waals surface area contributed by atoms with E-state index < -0.39 is 31.8 Å². The van der Waals surface area contributed by atoms with Crippen molar-refractivity contribution in [3.8, 4) is 5.75 Å². The van der Waals surface area contributed by atoms with Gasteiger partial charge < -0.3 is 0 Å². The molecule has 0 saturated carbocycles. The van der Waals surface area contributed by atoms with Crippen molar-refractivity contribution in [2.24, 2.45) is 0 Å². The summed E-state index contributed by atoms with van der Waals surface area (Å²) in [6, 6.07) is 6.09. The second-order valence-corrected chi connectivity index (χ2v) is 16.8. The maximum atomic E-state index is 12.2. The molecule has 21 heavy (non-hydrogen) atoms. The van der Waals surface area contributed by atoms with E-state index in [1.165, 1.54) is 19.2 Å². The molecule has 0 unspecified atom stereocenters. The van der Waals surface area contributed by atoms with Crippen molar-refractivity contribution in [1.82, 2.24) is 0 Å². The van der Waals surface area contributed by atoms with Crippen molar-refractivity contribution < 1.29 is 33.3 Å². The Kier molecular flexibility index (Phi) is 6.12. The molecule has 0 fully saturated rings. The molecular weight excluding hydrogens is 475 g/mol. The molecule has 8 heteroatoms. The van der Waals surface area contributed by atoms with E-state index in [4.69, 9.17) is 18.9 Å². The van der Waals surface area contributed by atoms with E-state index >= 15 is 0 Å². The molecule has 0 bridgehead atoms. The van der Waals surface area contributed by atoms with E-state index in [2.05, 4.69) is 0 Å². The third-order valence-corrected chi connectivity index (χ3v) is 17.2. The topological polar surface area (TPSA) is 88.1 Å². The van der Waals surface area contributed by atoms with Gasteiger partial charge in [-0.05, 0) is 0 Å². The summed E-state index contributed by atoms with van der Waals surface area (Å²) in [6.45, 7) is 0. The summed E-state index contributed by atoms with van der Waals surface area (Å²) < 4.78 is 16.8. The van der Waals surface area contributed by atoms with Gasteiger partial charge in [-0.1, -0.05) is 0 Å². The van der Waals surface area contributed by atoms with Crippen LogP contribution in [-0.4, -0.2) is 60.2 Å². The van der Waals surface area contributed by atoms with Crippen LogP contribution in [-0.2, 0) is 14.2 Å². The third-order valence-electron chi connectivity index (χ3n) is 3.00. The first-order valence-electron chi connectivity index (χ1n) is 5.88. The SMILES string of the molecule is CO[C](=O)[Pb]([C](=O)OC)([C](=O)OC)[c]1ccc(OC)cc1. The number of hydrogen-bond donors (Lipinski definition) is 0. The van der Waals surface area contributed by atoms with E-state index in [0.29, 0.717) is 5.75 Å². The standard InChI is InChI=1S/C7H7O.3C2H3O2.Pb/c1-8-7-5-3-2-4-6-7;3*1-4-2-3;/h3-6H,1H3;3*1H3;. The van der Waals surface area contributed by atoms with Gasteiger partial charge in [0.05, 0.1) is 0 Å². The van der Waals surface area contributed by atoms with Gasteiger partial charge in [0.25, 0.3) is 0 Å². The number of carbonyl (C=O) groups excluding carboxylic acids is 3. The van der Waals surface area contributed by atoms with Crippen LogP contribution in [0.25, 0.3) is 0 Å². The van der Waals surface area contributed by atoms with Crippen LogP contribution in [0.4, 0.5) is 14.4 Å². The van der Waals surface area contributed by atoms with Gasteiger partial charge in [-0.25, -0.2) is 0 Å². The van der Waals surface area contributed by atoms with Gasteiger partial charge in [0.2, 0.25) is 0 Å². The summed E-state index contributed by atoms with van der Waals surface area (Å²) in [5, 5.41) is 0. The van der Waals surface area contributed by atoms with Crippen LogP contribution in [0.5, 0.6) is 5.75 Å². The van der Waals surface area contributed by atoms with E-state index in [1.807, 2.05) is 0 Å². The zero-order valence-electron chi connectivity index (χ0n) is 12.2. The fourth-order valence-electron chi connectivity index (χ4n) is 1.90. The fraction of sp³-hybridized carbons (Fsp3) is 0.308. The Morgan fingerprint density at radius 3 is 1.43 bits per heavy atom. The summed E-state index contributed by atoms with van der Waals surface area (Å²) in [6.07, 6.45) is 0. The maximum absolute atomic E-state index is 12.2. The molecule has 114 valence electrons. The molecule has 0 aromatic heterocycles. The van der Waals surface area contributed by atoms with Crippen molar-refractivity contribution >= 4 is 34.9 Å². The van der Waals surface area contributed by atoms with Gasteiger partial charge in [0.15, 0.2) is 0 Å². The Hall–Kier alpha value is -1.65. The second-order valence-electron chi connectivity index (χ2n) is 3.95. The molecule has 1 aromatic rings. The summed E-state index contributed by atoms with van der Waals surface area (Å²) in [7, 11) is 4.83. The molecular formula is C13H16O7Pb. The first-order valence-corrected chi connectivity index (χ1v) is 13.7. The Morgan fingerprint density at radius 1 is 0.762 bits per heavy atom. The molecule has 1 rings (SSSR count). The van der Waals surface area contributed by atoms with E-state index in [-0.39, 0.29) is 3.12 Å². The average Bonchev–Trinajstić information content (AvgIpc) is 2.54. The van der Waals surface area contributed by atoms with E-state index in [9.17, 15) is 14.4 Å². The van der Waals surface area contributed by atoms with Crippen molar-refractivity contribution in [2.45, 2.75) is 0 Å². The molecule has 0 radical (unpaired) electrons. The minimum atomic E-state index is -5.25. The molecule has 0 heterocycles. The van der Waals surface area contributed by atoms with Gasteiger partial charge in [-0.15, -0.1) is 0 Å². The van der Waals surface area contributed by atoms with E-state index in [1.54, 1.807) is 12.1 Å². The zero-order chi connectivity index (χ0) is 16.0. The molecule has 0 aliphatic carbocycles. The quantitative estimate of drug-likeness (QED) is 0.455. The third kappa shape index (κ3) is 3.01. The number of benzene rings is 1. The summed E-state index contributed by atoms with van der Waals surface area (Å²) in [5.74, 6) is 0.528. The molecule has 0 amide bonds. The number of rotatable bonds is 5. The molecule has 0 aliphatic heterocycles. The summed E-state index contributed by atoms with van der Waals surface area (Å²) in [4.78, 5) is 36.7. The van der Waals surface area contributed by atoms with Crippen LogP contribution in [0.2, 0.25) is 0 Å². The number of methoxy groups -OCH3 is 4. The first-order chi connectivity index (χ1) is 9.98. The van der Waals surface area contributed by atoms with Crippen molar-refractivity contribution in [3.63, 3.8) is 0 Å². The Labute approximate surface area is 126 Å². The van der Waals surface area contributed by atoms with Gasteiger partial charge in [0.1, 0.15) is 0 Å². The van der Waals surface area contributed by atoms with Crippen LogP contribution in [0, 0.1) is 0 Å². The fourth-order valence-corrected chi connectivity index (χ4v) is 12.8. The number of carbonyl (C=O) groups is 3. The van der Waals surface area contributed by atoms with Crippen LogP contribution < -0.4 is 7.86 Å². The molecule has 0 spiro atoms. The second kappa shape index (κ2) is 7.39. The predicted octanol–water partition coefficient (Wildman–Crippen LogP) is 1.40. The van der Waals surface area contributed by atoms with Crippen LogP contribution in [0.3, 0.4) is 0 Å². The monoisotopic (exact) mass is 492 g/mol. The molecule has 0 N–H and O–H groups in total. The van der Waals surface area contributed by atoms with Crippen molar-refractivity contribution in [1.29, 1.82) is 0 Å².